The summed E-state index contributed by atoms with van der Waals surface area (Å²) in [4.78, 5) is 54.3. The summed E-state index contributed by atoms with van der Waals surface area (Å²) < 4.78 is 48.5. The molecule has 0 spiro atoms. The molecule has 0 saturated carbocycles. The van der Waals surface area contributed by atoms with Crippen LogP contribution in [0.1, 0.15) is 48.5 Å². The third-order valence-electron chi connectivity index (χ3n) is 7.91. The quantitative estimate of drug-likeness (QED) is 0.338. The number of fused-ring (bicyclic) bond motifs is 1. The van der Waals surface area contributed by atoms with Gasteiger partial charge in [-0.3, -0.25) is 14.4 Å². The Morgan fingerprint density at radius 2 is 1.82 bits per heavy atom. The van der Waals surface area contributed by atoms with Crippen LogP contribution in [-0.2, 0) is 22.7 Å². The molecular weight excluding hydrogens is 601 g/mol. The molecule has 13 heteroatoms. The molecule has 232 valence electrons. The van der Waals surface area contributed by atoms with Crippen molar-refractivity contribution in [3.05, 3.63) is 76.2 Å². The molecule has 1 atom stereocenters. The van der Waals surface area contributed by atoms with E-state index in [2.05, 4.69) is 5.32 Å². The molecule has 1 N–H and O–H groups in total. The zero-order valence-electron chi connectivity index (χ0n) is 23.9. The molecule has 0 bridgehead atoms. The third kappa shape index (κ3) is 6.59. The minimum atomic E-state index is -1.98. The molecule has 2 aliphatic rings. The first-order valence-electron chi connectivity index (χ1n) is 14.2. The lowest BCUT2D eigenvalue weighted by Gasteiger charge is -2.25. The van der Waals surface area contributed by atoms with Crippen molar-refractivity contribution in [2.24, 2.45) is 0 Å². The van der Waals surface area contributed by atoms with Crippen LogP contribution >= 0.6 is 11.6 Å². The Morgan fingerprint density at radius 1 is 1.07 bits per heavy atom. The predicted molar refractivity (Wildman–Crippen MR) is 156 cm³/mol. The highest BCUT2D eigenvalue weighted by molar-refractivity contribution is 6.30. The van der Waals surface area contributed by atoms with E-state index in [9.17, 15) is 32.3 Å². The Labute approximate surface area is 256 Å². The summed E-state index contributed by atoms with van der Waals surface area (Å²) in [6, 6.07) is 7.74. The zero-order chi connectivity index (χ0) is 31.5. The number of carbonyl (C=O) groups is 4. The van der Waals surface area contributed by atoms with Crippen LogP contribution < -0.4 is 10.1 Å². The minimum Gasteiger partial charge on any atom is -0.410 e. The van der Waals surface area contributed by atoms with E-state index in [1.807, 2.05) is 0 Å². The molecule has 3 aromatic rings. The molecule has 0 unspecified atom stereocenters. The number of ketones is 1. The second-order valence-electron chi connectivity index (χ2n) is 10.9. The van der Waals surface area contributed by atoms with Gasteiger partial charge in [-0.2, -0.15) is 8.78 Å². The normalized spacial score (nSPS) is 16.8. The van der Waals surface area contributed by atoms with Gasteiger partial charge >= 0.3 is 6.09 Å². The molecule has 1 aromatic heterocycles. The number of halogens is 4. The van der Waals surface area contributed by atoms with Gasteiger partial charge in [-0.1, -0.05) is 23.7 Å². The van der Waals surface area contributed by atoms with Crippen LogP contribution in [0.5, 0.6) is 5.75 Å². The van der Waals surface area contributed by atoms with Gasteiger partial charge in [0.25, 0.3) is 6.08 Å². The van der Waals surface area contributed by atoms with Gasteiger partial charge in [-0.05, 0) is 50.5 Å². The topological polar surface area (TPSA) is 101 Å². The lowest BCUT2D eigenvalue weighted by Crippen LogP contribution is -2.46. The highest BCUT2D eigenvalue weighted by atomic mass is 35.5. The van der Waals surface area contributed by atoms with Gasteiger partial charge in [0.1, 0.15) is 24.2 Å². The number of carbonyl (C=O) groups excluding carboxylic acids is 4. The van der Waals surface area contributed by atoms with Gasteiger partial charge in [0.2, 0.25) is 11.8 Å². The molecule has 3 heterocycles. The van der Waals surface area contributed by atoms with Crippen molar-refractivity contribution in [3.8, 4) is 5.75 Å². The number of nitrogens with zero attached hydrogens (tertiary/aromatic N) is 3. The average molecular weight is 631 g/mol. The predicted octanol–water partition coefficient (Wildman–Crippen LogP) is 5.69. The number of nitrogens with one attached hydrogen (secondary N) is 1. The van der Waals surface area contributed by atoms with Gasteiger partial charge in [0.15, 0.2) is 5.78 Å². The maximum absolute atomic E-state index is 14.3. The summed E-state index contributed by atoms with van der Waals surface area (Å²) in [5.41, 5.74) is 0.504. The van der Waals surface area contributed by atoms with Crippen molar-refractivity contribution < 1.29 is 37.1 Å². The smallest absolute Gasteiger partial charge is 0.410 e. The number of likely N-dealkylation sites (tertiary alicyclic amines) is 2. The summed E-state index contributed by atoms with van der Waals surface area (Å²) in [7, 11) is 0. The van der Waals surface area contributed by atoms with E-state index < -0.39 is 42.4 Å². The van der Waals surface area contributed by atoms with Gasteiger partial charge in [-0.25, -0.2) is 9.18 Å². The fourth-order valence-electron chi connectivity index (χ4n) is 5.57. The van der Waals surface area contributed by atoms with Crippen LogP contribution in [0.2, 0.25) is 5.02 Å². The molecule has 0 radical (unpaired) electrons. The van der Waals surface area contributed by atoms with E-state index in [0.29, 0.717) is 24.0 Å². The second kappa shape index (κ2) is 13.1. The van der Waals surface area contributed by atoms with Gasteiger partial charge < -0.3 is 24.4 Å². The van der Waals surface area contributed by atoms with Crippen molar-refractivity contribution in [1.82, 2.24) is 19.7 Å². The Bertz CT molecular complexity index is 1660. The van der Waals surface area contributed by atoms with Crippen molar-refractivity contribution in [2.75, 3.05) is 19.6 Å². The second-order valence-corrected chi connectivity index (χ2v) is 11.3. The van der Waals surface area contributed by atoms with Crippen molar-refractivity contribution >= 4 is 46.2 Å². The third-order valence-corrected chi connectivity index (χ3v) is 8.20. The first-order chi connectivity index (χ1) is 21.0. The van der Waals surface area contributed by atoms with Crippen LogP contribution in [0, 0.1) is 5.82 Å². The van der Waals surface area contributed by atoms with Gasteiger partial charge in [0.05, 0.1) is 5.02 Å². The number of hydrogen-bond acceptors (Lipinski definition) is 5. The van der Waals surface area contributed by atoms with Gasteiger partial charge in [0, 0.05) is 66.4 Å². The highest BCUT2D eigenvalue weighted by Gasteiger charge is 2.38. The molecule has 0 aliphatic carbocycles. The monoisotopic (exact) mass is 630 g/mol. The molecule has 9 nitrogen and oxygen atoms in total. The highest BCUT2D eigenvalue weighted by Crippen LogP contribution is 2.30. The standard InChI is InChI=1S/C31H30ClF3N4O5/c1-18(40)23-16-38(25-9-8-21(13-22(23)25)44-31(43)37-10-3-2-4-11-37)17-27(41)39-15-20(29(34)35)12-26(39)30(42)36-14-19-6-5-7-24(32)28(19)33/h5-9,13,16,26H,2-4,10-12,14-15,17H2,1H3,(H,36,42)/t26-/m0/s1. The number of piperidine rings is 1. The number of Topliss-reactive ketones (excluding diaryl/α,β-unsaturated/α-hetero) is 1. The van der Waals surface area contributed by atoms with Crippen LogP contribution in [0.3, 0.4) is 0 Å². The number of aromatic nitrogens is 1. The number of hydrogen-bond donors (Lipinski definition) is 1. The lowest BCUT2D eigenvalue weighted by atomic mass is 10.1. The van der Waals surface area contributed by atoms with Gasteiger partial charge in [-0.15, -0.1) is 0 Å². The maximum atomic E-state index is 14.3. The van der Waals surface area contributed by atoms with E-state index in [4.69, 9.17) is 16.3 Å². The molecule has 2 aromatic carbocycles. The first kappa shape index (κ1) is 31.1. The molecule has 44 heavy (non-hydrogen) atoms. The zero-order valence-corrected chi connectivity index (χ0v) is 24.6. The molecule has 3 amide bonds. The Morgan fingerprint density at radius 3 is 2.52 bits per heavy atom. The van der Waals surface area contributed by atoms with Crippen LogP contribution in [0.4, 0.5) is 18.0 Å². The summed E-state index contributed by atoms with van der Waals surface area (Å²) in [5, 5.41) is 2.83. The average Bonchev–Trinajstić information content (AvgIpc) is 3.61. The van der Waals surface area contributed by atoms with Crippen molar-refractivity contribution in [2.45, 2.75) is 51.7 Å². The molecular formula is C31H30ClF3N4O5. The number of ether oxygens (including phenoxy) is 1. The summed E-state index contributed by atoms with van der Waals surface area (Å²) in [6.07, 6.45) is 1.48. The minimum absolute atomic E-state index is 0.103. The Balaban J connectivity index is 1.35. The van der Waals surface area contributed by atoms with E-state index in [0.717, 1.165) is 24.2 Å². The number of amides is 3. The maximum Gasteiger partial charge on any atom is 0.415 e. The summed E-state index contributed by atoms with van der Waals surface area (Å²) in [5.74, 6) is -2.13. The van der Waals surface area contributed by atoms with Crippen LogP contribution in [-0.4, -0.2) is 63.7 Å². The van der Waals surface area contributed by atoms with Crippen LogP contribution in [0.15, 0.2) is 54.2 Å². The first-order valence-corrected chi connectivity index (χ1v) is 14.5. The van der Waals surface area contributed by atoms with E-state index >= 15 is 0 Å². The molecule has 2 fully saturated rings. The van der Waals surface area contributed by atoms with E-state index in [1.165, 1.54) is 35.9 Å². The van der Waals surface area contributed by atoms with Crippen molar-refractivity contribution in [1.29, 1.82) is 0 Å². The SMILES string of the molecule is CC(=O)c1cn(CC(=O)N2CC(=C(F)F)C[C@H]2C(=O)NCc2cccc(Cl)c2F)c2ccc(OC(=O)N3CCCCC3)cc12. The molecule has 2 aliphatic heterocycles. The van der Waals surface area contributed by atoms with Crippen LogP contribution in [0.25, 0.3) is 10.9 Å². The fourth-order valence-corrected chi connectivity index (χ4v) is 5.77. The van der Waals surface area contributed by atoms with E-state index in [1.54, 1.807) is 23.1 Å². The fraction of sp³-hybridized carbons (Fsp3) is 0.355. The molecule has 5 rings (SSSR count). The largest absolute Gasteiger partial charge is 0.415 e. The molecule has 2 saturated heterocycles. The number of rotatable bonds is 7. The lowest BCUT2D eigenvalue weighted by molar-refractivity contribution is -0.138. The summed E-state index contributed by atoms with van der Waals surface area (Å²) in [6.45, 7) is 1.50. The van der Waals surface area contributed by atoms with Crippen molar-refractivity contribution in [3.63, 3.8) is 0 Å². The summed E-state index contributed by atoms with van der Waals surface area (Å²) >= 11 is 5.80. The Hall–Kier alpha value is -4.32. The number of benzene rings is 2. The Kier molecular flexibility index (Phi) is 9.28. The van der Waals surface area contributed by atoms with E-state index in [-0.39, 0.29) is 52.8 Å².